The van der Waals surface area contributed by atoms with E-state index < -0.39 is 0 Å². The average molecular weight is 167 g/mol. The number of rotatable bonds is 3. The summed E-state index contributed by atoms with van der Waals surface area (Å²) in [5.74, 6) is 1.48. The monoisotopic (exact) mass is 167 g/mol. The molecule has 3 heteroatoms. The van der Waals surface area contributed by atoms with Gasteiger partial charge in [0, 0.05) is 7.05 Å². The van der Waals surface area contributed by atoms with Gasteiger partial charge in [-0.05, 0) is 12.1 Å². The minimum absolute atomic E-state index is 0.738. The molecule has 0 aromatic heterocycles. The third-order valence-electron chi connectivity index (χ3n) is 1.67. The summed E-state index contributed by atoms with van der Waals surface area (Å²) in [6.07, 6.45) is 0. The summed E-state index contributed by atoms with van der Waals surface area (Å²) in [5.41, 5.74) is 0.928. The normalized spacial score (nSPS) is 9.25. The molecule has 1 N–H and O–H groups in total. The van der Waals surface area contributed by atoms with Crippen LogP contribution in [0.1, 0.15) is 0 Å². The maximum atomic E-state index is 5.17. The molecule has 0 bridgehead atoms. The van der Waals surface area contributed by atoms with Crippen LogP contribution in [0.2, 0.25) is 0 Å². The van der Waals surface area contributed by atoms with E-state index in [0.29, 0.717) is 0 Å². The van der Waals surface area contributed by atoms with E-state index in [1.807, 2.05) is 25.2 Å². The summed E-state index contributed by atoms with van der Waals surface area (Å²) >= 11 is 0. The lowest BCUT2D eigenvalue weighted by molar-refractivity contribution is 0.356. The molecule has 66 valence electrons. The highest BCUT2D eigenvalue weighted by Crippen LogP contribution is 2.33. The number of methoxy groups -OCH3 is 2. The fourth-order valence-corrected chi connectivity index (χ4v) is 1.08. The number of hydrogen-bond acceptors (Lipinski definition) is 3. The van der Waals surface area contributed by atoms with Crippen molar-refractivity contribution in [1.29, 1.82) is 0 Å². The molecule has 0 saturated carbocycles. The topological polar surface area (TPSA) is 30.5 Å². The highest BCUT2D eigenvalue weighted by Gasteiger charge is 2.06. The molecule has 1 aromatic carbocycles. The van der Waals surface area contributed by atoms with Crippen molar-refractivity contribution in [2.24, 2.45) is 0 Å². The third-order valence-corrected chi connectivity index (χ3v) is 1.67. The number of para-hydroxylation sites is 1. The number of ether oxygens (including phenoxy) is 2. The lowest BCUT2D eigenvalue weighted by Gasteiger charge is -2.11. The summed E-state index contributed by atoms with van der Waals surface area (Å²) in [5, 5.41) is 3.02. The number of anilines is 1. The molecule has 0 heterocycles. The Bertz CT molecular complexity index is 238. The fourth-order valence-electron chi connectivity index (χ4n) is 1.08. The molecule has 0 aliphatic rings. The number of benzene rings is 1. The number of hydrogen-bond donors (Lipinski definition) is 1. The van der Waals surface area contributed by atoms with Gasteiger partial charge in [-0.1, -0.05) is 6.07 Å². The first kappa shape index (κ1) is 8.71. The van der Waals surface area contributed by atoms with Crippen LogP contribution in [-0.4, -0.2) is 21.3 Å². The molecule has 3 nitrogen and oxygen atoms in total. The first-order valence-electron chi connectivity index (χ1n) is 3.72. The van der Waals surface area contributed by atoms with Crippen LogP contribution < -0.4 is 14.8 Å². The molecule has 0 fully saturated rings. The molecule has 12 heavy (non-hydrogen) atoms. The standard InChI is InChI=1S/C9H13NO2/c1-10-7-5-4-6-8(11-2)9(7)12-3/h4-6,10H,1-3H3. The van der Waals surface area contributed by atoms with Crippen LogP contribution in [0.5, 0.6) is 11.5 Å². The summed E-state index contributed by atoms with van der Waals surface area (Å²) in [7, 11) is 5.09. The van der Waals surface area contributed by atoms with Crippen LogP contribution in [0.4, 0.5) is 5.69 Å². The molecular formula is C9H13NO2. The Labute approximate surface area is 72.3 Å². The van der Waals surface area contributed by atoms with Gasteiger partial charge in [0.25, 0.3) is 0 Å². The molecule has 0 radical (unpaired) electrons. The van der Waals surface area contributed by atoms with Gasteiger partial charge < -0.3 is 14.8 Å². The Hall–Kier alpha value is -1.38. The van der Waals surface area contributed by atoms with Crippen LogP contribution in [0.3, 0.4) is 0 Å². The van der Waals surface area contributed by atoms with E-state index in [-0.39, 0.29) is 0 Å². The van der Waals surface area contributed by atoms with Gasteiger partial charge in [-0.3, -0.25) is 0 Å². The predicted octanol–water partition coefficient (Wildman–Crippen LogP) is 1.75. The van der Waals surface area contributed by atoms with Crippen molar-refractivity contribution in [3.8, 4) is 11.5 Å². The largest absolute Gasteiger partial charge is 0.493 e. The van der Waals surface area contributed by atoms with Crippen molar-refractivity contribution in [2.45, 2.75) is 0 Å². The van der Waals surface area contributed by atoms with Crippen LogP contribution in [0.15, 0.2) is 18.2 Å². The third kappa shape index (κ3) is 1.44. The maximum Gasteiger partial charge on any atom is 0.183 e. The van der Waals surface area contributed by atoms with Crippen molar-refractivity contribution in [3.63, 3.8) is 0 Å². The summed E-state index contributed by atoms with van der Waals surface area (Å²) in [4.78, 5) is 0. The second-order valence-electron chi connectivity index (χ2n) is 2.29. The fraction of sp³-hybridized carbons (Fsp3) is 0.333. The Morgan fingerprint density at radius 1 is 1.17 bits per heavy atom. The SMILES string of the molecule is CNc1cccc(OC)c1OC. The van der Waals surface area contributed by atoms with E-state index in [2.05, 4.69) is 5.32 Å². The van der Waals surface area contributed by atoms with Crippen molar-refractivity contribution in [1.82, 2.24) is 0 Å². The van der Waals surface area contributed by atoms with Crippen molar-refractivity contribution in [3.05, 3.63) is 18.2 Å². The van der Waals surface area contributed by atoms with Gasteiger partial charge in [0.1, 0.15) is 0 Å². The average Bonchev–Trinajstić information content (AvgIpc) is 2.16. The maximum absolute atomic E-state index is 5.17. The minimum atomic E-state index is 0.738. The zero-order chi connectivity index (χ0) is 8.97. The molecule has 1 rings (SSSR count). The van der Waals surface area contributed by atoms with Gasteiger partial charge in [0.2, 0.25) is 0 Å². The summed E-state index contributed by atoms with van der Waals surface area (Å²) in [6.45, 7) is 0. The van der Waals surface area contributed by atoms with Crippen LogP contribution in [-0.2, 0) is 0 Å². The summed E-state index contributed by atoms with van der Waals surface area (Å²) in [6, 6.07) is 5.70. The molecule has 0 aliphatic carbocycles. The molecule has 0 aliphatic heterocycles. The molecule has 0 unspecified atom stereocenters. The lowest BCUT2D eigenvalue weighted by Crippen LogP contribution is -1.96. The van der Waals surface area contributed by atoms with Crippen LogP contribution in [0.25, 0.3) is 0 Å². The molecule has 0 atom stereocenters. The summed E-state index contributed by atoms with van der Waals surface area (Å²) < 4.78 is 10.3. The van der Waals surface area contributed by atoms with Gasteiger partial charge in [0.15, 0.2) is 11.5 Å². The van der Waals surface area contributed by atoms with Gasteiger partial charge in [-0.15, -0.1) is 0 Å². The Morgan fingerprint density at radius 3 is 2.42 bits per heavy atom. The molecule has 1 aromatic rings. The van der Waals surface area contributed by atoms with Crippen LogP contribution >= 0.6 is 0 Å². The van der Waals surface area contributed by atoms with E-state index in [1.54, 1.807) is 14.2 Å². The zero-order valence-electron chi connectivity index (χ0n) is 7.55. The van der Waals surface area contributed by atoms with E-state index in [9.17, 15) is 0 Å². The molecule has 0 amide bonds. The Kier molecular flexibility index (Phi) is 2.80. The zero-order valence-corrected chi connectivity index (χ0v) is 7.55. The van der Waals surface area contributed by atoms with E-state index in [0.717, 1.165) is 17.2 Å². The lowest BCUT2D eigenvalue weighted by atomic mass is 10.2. The Morgan fingerprint density at radius 2 is 1.92 bits per heavy atom. The first-order valence-corrected chi connectivity index (χ1v) is 3.72. The quantitative estimate of drug-likeness (QED) is 0.743. The van der Waals surface area contributed by atoms with Crippen molar-refractivity contribution >= 4 is 5.69 Å². The van der Waals surface area contributed by atoms with Crippen molar-refractivity contribution in [2.75, 3.05) is 26.6 Å². The van der Waals surface area contributed by atoms with Crippen molar-refractivity contribution < 1.29 is 9.47 Å². The van der Waals surface area contributed by atoms with Gasteiger partial charge >= 0.3 is 0 Å². The molecule has 0 saturated heterocycles. The second kappa shape index (κ2) is 3.85. The Balaban J connectivity index is 3.13. The van der Waals surface area contributed by atoms with Gasteiger partial charge in [-0.2, -0.15) is 0 Å². The first-order chi connectivity index (χ1) is 5.83. The number of nitrogens with one attached hydrogen (secondary N) is 1. The van der Waals surface area contributed by atoms with E-state index in [4.69, 9.17) is 9.47 Å². The van der Waals surface area contributed by atoms with Crippen LogP contribution in [0, 0.1) is 0 Å². The van der Waals surface area contributed by atoms with E-state index in [1.165, 1.54) is 0 Å². The minimum Gasteiger partial charge on any atom is -0.493 e. The smallest absolute Gasteiger partial charge is 0.183 e. The molecular weight excluding hydrogens is 154 g/mol. The predicted molar refractivity (Wildman–Crippen MR) is 49.1 cm³/mol. The molecule has 0 spiro atoms. The highest BCUT2D eigenvalue weighted by molar-refractivity contribution is 5.62. The second-order valence-corrected chi connectivity index (χ2v) is 2.29. The van der Waals surface area contributed by atoms with Gasteiger partial charge in [-0.25, -0.2) is 0 Å². The highest BCUT2D eigenvalue weighted by atomic mass is 16.5. The van der Waals surface area contributed by atoms with E-state index >= 15 is 0 Å². The van der Waals surface area contributed by atoms with Gasteiger partial charge in [0.05, 0.1) is 19.9 Å².